The van der Waals surface area contributed by atoms with Crippen molar-refractivity contribution in [2.45, 2.75) is 26.2 Å². The lowest BCUT2D eigenvalue weighted by Gasteiger charge is -2.03. The summed E-state index contributed by atoms with van der Waals surface area (Å²) in [6, 6.07) is 2.07. The maximum atomic E-state index is 11.8. The van der Waals surface area contributed by atoms with Crippen molar-refractivity contribution in [1.29, 1.82) is 0 Å². The first-order chi connectivity index (χ1) is 7.81. The molecule has 2 N–H and O–H groups in total. The largest absolute Gasteiger partial charge is 0.350 e. The molecule has 1 aliphatic carbocycles. The molecule has 0 radical (unpaired) electrons. The van der Waals surface area contributed by atoms with Gasteiger partial charge in [-0.2, -0.15) is 0 Å². The quantitative estimate of drug-likeness (QED) is 0.807. The van der Waals surface area contributed by atoms with Gasteiger partial charge in [-0.05, 0) is 37.4 Å². The number of thiophene rings is 1. The Bertz CT molecular complexity index is 357. The van der Waals surface area contributed by atoms with E-state index in [0.717, 1.165) is 30.8 Å². The molecular weight excluding hydrogens is 256 g/mol. The van der Waals surface area contributed by atoms with Gasteiger partial charge in [-0.3, -0.25) is 4.79 Å². The Morgan fingerprint density at radius 2 is 2.24 bits per heavy atom. The van der Waals surface area contributed by atoms with Gasteiger partial charge in [0.1, 0.15) is 0 Å². The van der Waals surface area contributed by atoms with Crippen LogP contribution < -0.4 is 10.6 Å². The summed E-state index contributed by atoms with van der Waals surface area (Å²) in [7, 11) is 0. The van der Waals surface area contributed by atoms with E-state index in [1.807, 2.05) is 0 Å². The van der Waals surface area contributed by atoms with Gasteiger partial charge >= 0.3 is 0 Å². The zero-order valence-electron chi connectivity index (χ0n) is 10.0. The first-order valence-electron chi connectivity index (χ1n) is 5.91. The standard InChI is InChI=1S/C12H18N2OS.ClH/c1-2-13-6-7-14-12(15)11-8-9-4-3-5-10(9)16-11;/h8,13H,2-7H2,1H3,(H,14,15);1H. The Balaban J connectivity index is 0.00000144. The molecule has 1 heterocycles. The molecule has 2 rings (SSSR count). The predicted octanol–water partition coefficient (Wildman–Crippen LogP) is 2.00. The second-order valence-corrected chi connectivity index (χ2v) is 5.16. The number of carbonyl (C=O) groups is 1. The molecule has 1 amide bonds. The van der Waals surface area contributed by atoms with Crippen LogP contribution in [0.4, 0.5) is 0 Å². The van der Waals surface area contributed by atoms with Crippen molar-refractivity contribution >= 4 is 29.7 Å². The number of halogens is 1. The van der Waals surface area contributed by atoms with Crippen molar-refractivity contribution < 1.29 is 4.79 Å². The average molecular weight is 275 g/mol. The van der Waals surface area contributed by atoms with E-state index in [4.69, 9.17) is 0 Å². The Morgan fingerprint density at radius 3 is 2.94 bits per heavy atom. The van der Waals surface area contributed by atoms with E-state index < -0.39 is 0 Å². The number of nitrogens with one attached hydrogen (secondary N) is 2. The second-order valence-electron chi connectivity index (χ2n) is 4.02. The Morgan fingerprint density at radius 1 is 1.41 bits per heavy atom. The van der Waals surface area contributed by atoms with Gasteiger partial charge in [0.25, 0.3) is 5.91 Å². The van der Waals surface area contributed by atoms with Gasteiger partial charge in [0.2, 0.25) is 0 Å². The van der Waals surface area contributed by atoms with Gasteiger partial charge in [0.15, 0.2) is 0 Å². The molecule has 0 saturated carbocycles. The van der Waals surface area contributed by atoms with Crippen LogP contribution >= 0.6 is 23.7 Å². The monoisotopic (exact) mass is 274 g/mol. The van der Waals surface area contributed by atoms with Crippen LogP contribution in [-0.4, -0.2) is 25.5 Å². The molecule has 96 valence electrons. The van der Waals surface area contributed by atoms with Gasteiger partial charge in [-0.25, -0.2) is 0 Å². The highest BCUT2D eigenvalue weighted by molar-refractivity contribution is 7.14. The summed E-state index contributed by atoms with van der Waals surface area (Å²) in [5.74, 6) is 0.0808. The van der Waals surface area contributed by atoms with E-state index in [-0.39, 0.29) is 18.3 Å². The second kappa shape index (κ2) is 6.99. The topological polar surface area (TPSA) is 41.1 Å². The summed E-state index contributed by atoms with van der Waals surface area (Å²) >= 11 is 1.66. The van der Waals surface area contributed by atoms with Crippen LogP contribution in [0.2, 0.25) is 0 Å². The fourth-order valence-electron chi connectivity index (χ4n) is 1.97. The molecule has 1 aliphatic rings. The summed E-state index contributed by atoms with van der Waals surface area (Å²) in [5.41, 5.74) is 1.39. The molecule has 1 aromatic heterocycles. The number of likely N-dealkylation sites (N-methyl/N-ethyl adjacent to an activating group) is 1. The minimum absolute atomic E-state index is 0. The first-order valence-corrected chi connectivity index (χ1v) is 6.73. The fourth-order valence-corrected chi connectivity index (χ4v) is 3.14. The number of hydrogen-bond acceptors (Lipinski definition) is 3. The molecule has 3 nitrogen and oxygen atoms in total. The van der Waals surface area contributed by atoms with Crippen LogP contribution in [0.3, 0.4) is 0 Å². The van der Waals surface area contributed by atoms with E-state index in [2.05, 4.69) is 23.6 Å². The van der Waals surface area contributed by atoms with Crippen LogP contribution in [0.15, 0.2) is 6.07 Å². The zero-order valence-corrected chi connectivity index (χ0v) is 11.7. The molecule has 0 aromatic carbocycles. The minimum atomic E-state index is 0. The third kappa shape index (κ3) is 3.69. The number of rotatable bonds is 5. The summed E-state index contributed by atoms with van der Waals surface area (Å²) in [4.78, 5) is 14.1. The molecule has 5 heteroatoms. The number of carbonyl (C=O) groups excluding carboxylic acids is 1. The molecule has 0 fully saturated rings. The molecule has 0 saturated heterocycles. The number of aryl methyl sites for hydroxylation is 2. The van der Waals surface area contributed by atoms with Crippen LogP contribution in [0.25, 0.3) is 0 Å². The summed E-state index contributed by atoms with van der Waals surface area (Å²) < 4.78 is 0. The van der Waals surface area contributed by atoms with Crippen LogP contribution in [0.5, 0.6) is 0 Å². The summed E-state index contributed by atoms with van der Waals surface area (Å²) in [6.07, 6.45) is 3.56. The normalized spacial score (nSPS) is 13.0. The molecule has 0 atom stereocenters. The lowest BCUT2D eigenvalue weighted by atomic mass is 10.2. The molecule has 0 aliphatic heterocycles. The molecule has 0 spiro atoms. The van der Waals surface area contributed by atoms with Crippen molar-refractivity contribution in [2.75, 3.05) is 19.6 Å². The SMILES string of the molecule is CCNCCNC(=O)c1cc2c(s1)CCC2.Cl. The highest BCUT2D eigenvalue weighted by Crippen LogP contribution is 2.30. The van der Waals surface area contributed by atoms with Gasteiger partial charge in [0, 0.05) is 18.0 Å². The van der Waals surface area contributed by atoms with Crippen molar-refractivity contribution in [3.8, 4) is 0 Å². The van der Waals surface area contributed by atoms with Gasteiger partial charge in [-0.1, -0.05) is 6.92 Å². The van der Waals surface area contributed by atoms with Gasteiger partial charge in [-0.15, -0.1) is 23.7 Å². The fraction of sp³-hybridized carbons (Fsp3) is 0.583. The highest BCUT2D eigenvalue weighted by atomic mass is 35.5. The third-order valence-electron chi connectivity index (χ3n) is 2.81. The molecule has 1 aromatic rings. The Hall–Kier alpha value is -0.580. The maximum absolute atomic E-state index is 11.8. The van der Waals surface area contributed by atoms with Crippen molar-refractivity contribution in [3.05, 3.63) is 21.4 Å². The predicted molar refractivity (Wildman–Crippen MR) is 74.5 cm³/mol. The molecule has 0 unspecified atom stereocenters. The number of fused-ring (bicyclic) bond motifs is 1. The average Bonchev–Trinajstić information content (AvgIpc) is 2.83. The van der Waals surface area contributed by atoms with E-state index >= 15 is 0 Å². The third-order valence-corrected chi connectivity index (χ3v) is 4.04. The number of hydrogen-bond donors (Lipinski definition) is 2. The van der Waals surface area contributed by atoms with E-state index in [1.54, 1.807) is 11.3 Å². The lowest BCUT2D eigenvalue weighted by Crippen LogP contribution is -2.31. The van der Waals surface area contributed by atoms with Gasteiger partial charge in [0.05, 0.1) is 4.88 Å². The van der Waals surface area contributed by atoms with Crippen molar-refractivity contribution in [3.63, 3.8) is 0 Å². The molecule has 17 heavy (non-hydrogen) atoms. The first kappa shape index (κ1) is 14.5. The smallest absolute Gasteiger partial charge is 0.261 e. The summed E-state index contributed by atoms with van der Waals surface area (Å²) in [6.45, 7) is 4.55. The van der Waals surface area contributed by atoms with Gasteiger partial charge < -0.3 is 10.6 Å². The maximum Gasteiger partial charge on any atom is 0.261 e. The number of amides is 1. The van der Waals surface area contributed by atoms with E-state index in [1.165, 1.54) is 16.9 Å². The minimum Gasteiger partial charge on any atom is -0.350 e. The zero-order chi connectivity index (χ0) is 11.4. The Labute approximate surface area is 112 Å². The molecular formula is C12H19ClN2OS. The lowest BCUT2D eigenvalue weighted by molar-refractivity contribution is 0.0958. The van der Waals surface area contributed by atoms with Crippen molar-refractivity contribution in [1.82, 2.24) is 10.6 Å². The van der Waals surface area contributed by atoms with Crippen LogP contribution in [0.1, 0.15) is 33.5 Å². The molecule has 0 bridgehead atoms. The summed E-state index contributed by atoms with van der Waals surface area (Å²) in [5, 5.41) is 6.11. The van der Waals surface area contributed by atoms with E-state index in [9.17, 15) is 4.79 Å². The van der Waals surface area contributed by atoms with Crippen molar-refractivity contribution in [2.24, 2.45) is 0 Å². The van der Waals surface area contributed by atoms with E-state index in [0.29, 0.717) is 6.54 Å². The van der Waals surface area contributed by atoms with Crippen LogP contribution in [-0.2, 0) is 12.8 Å². The Kier molecular flexibility index (Phi) is 5.95. The highest BCUT2D eigenvalue weighted by Gasteiger charge is 2.17. The van der Waals surface area contributed by atoms with Crippen LogP contribution in [0, 0.1) is 0 Å².